The zero-order chi connectivity index (χ0) is 8.15. The van der Waals surface area contributed by atoms with Gasteiger partial charge in [0.1, 0.15) is 18.3 Å². The van der Waals surface area contributed by atoms with Gasteiger partial charge in [0.05, 0.1) is 13.2 Å². The standard InChI is InChI=1S/C5H12O5/c6-1-3(8)5(10)4(9)2-7/h3-10H,1-2H2/t3-,4-/m1/s1/i1+1,2+1,3+1,4+1,5+1. The highest BCUT2D eigenvalue weighted by Gasteiger charge is 2.22. The molecule has 0 aliphatic carbocycles. The minimum atomic E-state index is -1.49. The van der Waals surface area contributed by atoms with Crippen LogP contribution in [0.4, 0.5) is 0 Å². The topological polar surface area (TPSA) is 101 Å². The second kappa shape index (κ2) is 4.59. The smallest absolute Gasteiger partial charge is 0.110 e. The molecule has 0 heterocycles. The molecule has 0 bridgehead atoms. The van der Waals surface area contributed by atoms with E-state index in [-0.39, 0.29) is 0 Å². The number of rotatable bonds is 4. The van der Waals surface area contributed by atoms with Crippen molar-refractivity contribution in [2.24, 2.45) is 0 Å². The van der Waals surface area contributed by atoms with E-state index in [9.17, 15) is 0 Å². The lowest BCUT2D eigenvalue weighted by Gasteiger charge is -2.19. The Balaban J connectivity index is 3.69. The first-order valence-corrected chi connectivity index (χ1v) is 2.89. The van der Waals surface area contributed by atoms with Crippen LogP contribution < -0.4 is 0 Å². The molecular formula is C5H12O5. The predicted octanol–water partition coefficient (Wildman–Crippen LogP) is -2.95. The fourth-order valence-electron chi connectivity index (χ4n) is 0.472. The minimum absolute atomic E-state index is 0.641. The van der Waals surface area contributed by atoms with E-state index in [4.69, 9.17) is 25.5 Å². The first kappa shape index (κ1) is 9.80. The van der Waals surface area contributed by atoms with Gasteiger partial charge in [0.2, 0.25) is 0 Å². The summed E-state index contributed by atoms with van der Waals surface area (Å²) in [4.78, 5) is 0. The average Bonchev–Trinajstić information content (AvgIpc) is 2.00. The van der Waals surface area contributed by atoms with E-state index in [2.05, 4.69) is 0 Å². The molecule has 10 heavy (non-hydrogen) atoms. The van der Waals surface area contributed by atoms with Crippen molar-refractivity contribution in [1.82, 2.24) is 0 Å². The molecule has 5 nitrogen and oxygen atoms in total. The van der Waals surface area contributed by atoms with Gasteiger partial charge in [-0.2, -0.15) is 0 Å². The molecule has 0 rings (SSSR count). The Morgan fingerprint density at radius 1 is 0.800 bits per heavy atom. The van der Waals surface area contributed by atoms with Crippen LogP contribution in [0.15, 0.2) is 0 Å². The quantitative estimate of drug-likeness (QED) is 0.281. The molecular weight excluding hydrogens is 145 g/mol. The Labute approximate surface area is 58.2 Å². The van der Waals surface area contributed by atoms with Gasteiger partial charge >= 0.3 is 0 Å². The van der Waals surface area contributed by atoms with Crippen LogP contribution in [-0.2, 0) is 0 Å². The van der Waals surface area contributed by atoms with Crippen LogP contribution in [0.5, 0.6) is 0 Å². The van der Waals surface area contributed by atoms with Crippen LogP contribution in [0.3, 0.4) is 0 Å². The van der Waals surface area contributed by atoms with Gasteiger partial charge in [-0.1, -0.05) is 0 Å². The number of hydrogen-bond donors (Lipinski definition) is 5. The summed E-state index contributed by atoms with van der Waals surface area (Å²) in [5.74, 6) is 0. The van der Waals surface area contributed by atoms with Crippen LogP contribution >= 0.6 is 0 Å². The molecule has 5 N–H and O–H groups in total. The summed E-state index contributed by atoms with van der Waals surface area (Å²) in [6.07, 6.45) is -4.29. The zero-order valence-electron chi connectivity index (χ0n) is 5.38. The van der Waals surface area contributed by atoms with E-state index in [0.29, 0.717) is 0 Å². The lowest BCUT2D eigenvalue weighted by Crippen LogP contribution is -2.41. The molecule has 0 spiro atoms. The Morgan fingerprint density at radius 2 is 1.10 bits per heavy atom. The SMILES string of the molecule is O[13CH2][13C@@H](O)[13CH](O)[13C@H](O)[13CH2]O. The van der Waals surface area contributed by atoms with Gasteiger partial charge in [0.25, 0.3) is 0 Å². The summed E-state index contributed by atoms with van der Waals surface area (Å²) >= 11 is 0. The van der Waals surface area contributed by atoms with E-state index in [1.807, 2.05) is 0 Å². The molecule has 2 atom stereocenters. The van der Waals surface area contributed by atoms with Crippen molar-refractivity contribution in [2.75, 3.05) is 13.2 Å². The van der Waals surface area contributed by atoms with Gasteiger partial charge in [-0.05, 0) is 0 Å². The maximum Gasteiger partial charge on any atom is 0.110 e. The van der Waals surface area contributed by atoms with Crippen LogP contribution in [0.25, 0.3) is 0 Å². The molecule has 0 aromatic heterocycles. The first-order chi connectivity index (χ1) is 4.63. The van der Waals surface area contributed by atoms with Gasteiger partial charge in [-0.25, -0.2) is 0 Å². The zero-order valence-corrected chi connectivity index (χ0v) is 5.38. The van der Waals surface area contributed by atoms with Crippen molar-refractivity contribution in [3.05, 3.63) is 0 Å². The van der Waals surface area contributed by atoms with E-state index in [1.165, 1.54) is 0 Å². The predicted molar refractivity (Wildman–Crippen MR) is 32.2 cm³/mol. The number of aliphatic hydroxyl groups excluding tert-OH is 5. The molecule has 0 aromatic rings. The molecule has 0 saturated carbocycles. The summed E-state index contributed by atoms with van der Waals surface area (Å²) < 4.78 is 0. The maximum absolute atomic E-state index is 8.77. The fourth-order valence-corrected chi connectivity index (χ4v) is 0.472. The van der Waals surface area contributed by atoms with Crippen LogP contribution in [0.2, 0.25) is 0 Å². The van der Waals surface area contributed by atoms with Crippen molar-refractivity contribution < 1.29 is 25.5 Å². The molecule has 0 aliphatic rings. The highest BCUT2D eigenvalue weighted by molar-refractivity contribution is 4.73. The molecule has 0 aromatic carbocycles. The lowest BCUT2D eigenvalue weighted by atomic mass is 11.1. The summed E-state index contributed by atoms with van der Waals surface area (Å²) in [7, 11) is 0. The second-order valence-corrected chi connectivity index (χ2v) is 1.99. The Hall–Kier alpha value is -0.200. The van der Waals surface area contributed by atoms with Crippen molar-refractivity contribution in [3.63, 3.8) is 0 Å². The summed E-state index contributed by atoms with van der Waals surface area (Å²) in [6, 6.07) is 0. The Bertz CT molecular complexity index is 76.1. The van der Waals surface area contributed by atoms with Gasteiger partial charge in [-0.3, -0.25) is 0 Å². The van der Waals surface area contributed by atoms with E-state index < -0.39 is 31.5 Å². The summed E-state index contributed by atoms with van der Waals surface area (Å²) in [5.41, 5.74) is 0. The maximum atomic E-state index is 8.77. The average molecular weight is 157 g/mol. The Morgan fingerprint density at radius 3 is 1.30 bits per heavy atom. The molecule has 5 heteroatoms. The molecule has 0 fully saturated rings. The minimum Gasteiger partial charge on any atom is -0.394 e. The van der Waals surface area contributed by atoms with E-state index in [0.717, 1.165) is 0 Å². The van der Waals surface area contributed by atoms with Gasteiger partial charge in [0.15, 0.2) is 0 Å². The van der Waals surface area contributed by atoms with Crippen molar-refractivity contribution in [1.29, 1.82) is 0 Å². The van der Waals surface area contributed by atoms with Crippen LogP contribution in [0, 0.1) is 0 Å². The van der Waals surface area contributed by atoms with Gasteiger partial charge in [0, 0.05) is 0 Å². The highest BCUT2D eigenvalue weighted by Crippen LogP contribution is 1.97. The van der Waals surface area contributed by atoms with Crippen molar-refractivity contribution in [2.45, 2.75) is 18.3 Å². The van der Waals surface area contributed by atoms with Crippen molar-refractivity contribution >= 4 is 0 Å². The molecule has 0 aliphatic heterocycles. The third-order valence-corrected chi connectivity index (χ3v) is 1.16. The lowest BCUT2D eigenvalue weighted by molar-refractivity contribution is -0.0900. The van der Waals surface area contributed by atoms with Crippen LogP contribution in [-0.4, -0.2) is 57.1 Å². The Kier molecular flexibility index (Phi) is 4.50. The van der Waals surface area contributed by atoms with Gasteiger partial charge < -0.3 is 25.5 Å². The van der Waals surface area contributed by atoms with E-state index in [1.54, 1.807) is 0 Å². The fraction of sp³-hybridized carbons (Fsp3) is 1.00. The third-order valence-electron chi connectivity index (χ3n) is 1.16. The molecule has 0 saturated heterocycles. The molecule has 62 valence electrons. The second-order valence-electron chi connectivity index (χ2n) is 1.99. The third kappa shape index (κ3) is 2.59. The molecule has 0 unspecified atom stereocenters. The van der Waals surface area contributed by atoms with Crippen molar-refractivity contribution in [3.8, 4) is 0 Å². The summed E-state index contributed by atoms with van der Waals surface area (Å²) in [5, 5.41) is 42.6. The molecule has 0 amide bonds. The first-order valence-electron chi connectivity index (χ1n) is 2.89. The molecule has 0 radical (unpaired) electrons. The number of hydrogen-bond acceptors (Lipinski definition) is 5. The van der Waals surface area contributed by atoms with Gasteiger partial charge in [-0.15, -0.1) is 0 Å². The largest absolute Gasteiger partial charge is 0.394 e. The summed E-state index contributed by atoms with van der Waals surface area (Å²) in [6.45, 7) is -1.28. The van der Waals surface area contributed by atoms with E-state index >= 15 is 0 Å². The normalized spacial score (nSPS) is 17.4. The van der Waals surface area contributed by atoms with Crippen LogP contribution in [0.1, 0.15) is 0 Å². The number of aliphatic hydroxyl groups is 5. The highest BCUT2D eigenvalue weighted by atomic mass is 16.6. The monoisotopic (exact) mass is 157 g/mol.